The number of anilines is 2. The molecular weight excluding hydrogens is 406 g/mol. The van der Waals surface area contributed by atoms with Gasteiger partial charge >= 0.3 is 0 Å². The number of nitrogens with zero attached hydrogens (tertiary/aromatic N) is 3. The van der Waals surface area contributed by atoms with Gasteiger partial charge in [-0.2, -0.15) is 0 Å². The number of benzene rings is 2. The summed E-state index contributed by atoms with van der Waals surface area (Å²) in [5.74, 6) is 0.401. The van der Waals surface area contributed by atoms with Gasteiger partial charge in [-0.3, -0.25) is 9.59 Å². The quantitative estimate of drug-likeness (QED) is 0.472. The van der Waals surface area contributed by atoms with Crippen LogP contribution in [0.4, 0.5) is 11.4 Å². The van der Waals surface area contributed by atoms with Crippen LogP contribution in [0.15, 0.2) is 53.7 Å². The van der Waals surface area contributed by atoms with Crippen molar-refractivity contribution in [1.82, 2.24) is 9.97 Å². The lowest BCUT2D eigenvalue weighted by atomic mass is 10.1. The van der Waals surface area contributed by atoms with E-state index >= 15 is 0 Å². The highest BCUT2D eigenvalue weighted by molar-refractivity contribution is 6.42. The number of hydrogen-bond donors (Lipinski definition) is 2. The standard InChI is InChI=1S/C24H25N5O3/c1-4-32-28-15(2)23(30)27-18-11-9-17(10-12-18)24(31)29-14-13-20-22(26-16(3)25-20)19-7-5-6-8-21(19)29/h5-12H,4,13-14H2,1-3H3,(H,25,26)(H,27,30). The summed E-state index contributed by atoms with van der Waals surface area (Å²) in [5.41, 5.74) is 5.03. The lowest BCUT2D eigenvalue weighted by molar-refractivity contribution is -0.110. The van der Waals surface area contributed by atoms with Crippen LogP contribution in [-0.2, 0) is 16.1 Å². The molecule has 1 aliphatic heterocycles. The van der Waals surface area contributed by atoms with Crippen molar-refractivity contribution >= 4 is 28.9 Å². The largest absolute Gasteiger partial charge is 0.396 e. The predicted molar refractivity (Wildman–Crippen MR) is 124 cm³/mol. The number of rotatable bonds is 5. The third kappa shape index (κ3) is 4.25. The second-order valence-corrected chi connectivity index (χ2v) is 7.50. The molecule has 32 heavy (non-hydrogen) atoms. The second-order valence-electron chi connectivity index (χ2n) is 7.50. The summed E-state index contributed by atoms with van der Waals surface area (Å²) in [6.07, 6.45) is 0.684. The van der Waals surface area contributed by atoms with Gasteiger partial charge in [-0.05, 0) is 51.1 Å². The second kappa shape index (κ2) is 9.05. The van der Waals surface area contributed by atoms with Gasteiger partial charge in [0, 0.05) is 35.5 Å². The van der Waals surface area contributed by atoms with E-state index in [-0.39, 0.29) is 17.5 Å². The number of carbonyl (C=O) groups is 2. The minimum Gasteiger partial charge on any atom is -0.396 e. The summed E-state index contributed by atoms with van der Waals surface area (Å²) < 4.78 is 0. The number of aryl methyl sites for hydroxylation is 1. The molecule has 2 amide bonds. The molecule has 2 N–H and O–H groups in total. The molecule has 0 saturated carbocycles. The smallest absolute Gasteiger partial charge is 0.273 e. The Bertz CT molecular complexity index is 1180. The summed E-state index contributed by atoms with van der Waals surface area (Å²) in [7, 11) is 0. The van der Waals surface area contributed by atoms with Crippen molar-refractivity contribution in [3.8, 4) is 11.3 Å². The molecule has 0 aliphatic carbocycles. The molecule has 8 heteroatoms. The van der Waals surface area contributed by atoms with Crippen LogP contribution in [0, 0.1) is 6.92 Å². The van der Waals surface area contributed by atoms with E-state index in [1.807, 2.05) is 31.2 Å². The molecule has 0 atom stereocenters. The van der Waals surface area contributed by atoms with E-state index in [1.165, 1.54) is 0 Å². The van der Waals surface area contributed by atoms with Gasteiger partial charge < -0.3 is 20.0 Å². The number of nitrogens with one attached hydrogen (secondary N) is 2. The molecule has 1 aromatic heterocycles. The first-order chi connectivity index (χ1) is 15.5. The molecule has 2 aromatic carbocycles. The fourth-order valence-electron chi connectivity index (χ4n) is 3.69. The summed E-state index contributed by atoms with van der Waals surface area (Å²) >= 11 is 0. The van der Waals surface area contributed by atoms with E-state index in [1.54, 1.807) is 43.0 Å². The van der Waals surface area contributed by atoms with Crippen molar-refractivity contribution in [1.29, 1.82) is 0 Å². The zero-order chi connectivity index (χ0) is 22.7. The highest BCUT2D eigenvalue weighted by Crippen LogP contribution is 2.35. The van der Waals surface area contributed by atoms with Crippen molar-refractivity contribution < 1.29 is 14.4 Å². The van der Waals surface area contributed by atoms with Gasteiger partial charge in [0.15, 0.2) is 0 Å². The molecule has 0 bridgehead atoms. The maximum Gasteiger partial charge on any atom is 0.273 e. The molecular formula is C24H25N5O3. The molecule has 3 aromatic rings. The Morgan fingerprint density at radius 2 is 1.94 bits per heavy atom. The Hall–Kier alpha value is -3.94. The summed E-state index contributed by atoms with van der Waals surface area (Å²) in [6.45, 7) is 6.23. The molecule has 0 fully saturated rings. The Labute approximate surface area is 186 Å². The SMILES string of the molecule is CCON=C(C)C(=O)Nc1ccc(C(=O)N2CCc3[nH]c(C)nc3-c3ccccc32)cc1. The van der Waals surface area contributed by atoms with E-state index in [2.05, 4.69) is 20.4 Å². The van der Waals surface area contributed by atoms with Gasteiger partial charge in [-0.1, -0.05) is 23.4 Å². The molecule has 1 aliphatic rings. The van der Waals surface area contributed by atoms with Crippen LogP contribution in [0.5, 0.6) is 0 Å². The van der Waals surface area contributed by atoms with Crippen molar-refractivity contribution in [3.63, 3.8) is 0 Å². The number of fused-ring (bicyclic) bond motifs is 3. The fourth-order valence-corrected chi connectivity index (χ4v) is 3.69. The van der Waals surface area contributed by atoms with Gasteiger partial charge in [0.05, 0.1) is 11.4 Å². The van der Waals surface area contributed by atoms with Crippen LogP contribution in [-0.4, -0.2) is 40.6 Å². The Morgan fingerprint density at radius 3 is 2.69 bits per heavy atom. The molecule has 0 radical (unpaired) electrons. The maximum atomic E-state index is 13.4. The highest BCUT2D eigenvalue weighted by atomic mass is 16.6. The Balaban J connectivity index is 1.55. The van der Waals surface area contributed by atoms with Gasteiger partial charge in [0.2, 0.25) is 0 Å². The fraction of sp³-hybridized carbons (Fsp3) is 0.250. The zero-order valence-corrected chi connectivity index (χ0v) is 18.3. The lowest BCUT2D eigenvalue weighted by Crippen LogP contribution is -2.32. The Morgan fingerprint density at radius 1 is 1.19 bits per heavy atom. The van der Waals surface area contributed by atoms with Crippen molar-refractivity contribution in [2.45, 2.75) is 27.2 Å². The maximum absolute atomic E-state index is 13.4. The number of para-hydroxylation sites is 1. The van der Waals surface area contributed by atoms with E-state index in [0.717, 1.165) is 28.5 Å². The average molecular weight is 431 g/mol. The van der Waals surface area contributed by atoms with Crippen LogP contribution in [0.3, 0.4) is 0 Å². The minimum absolute atomic E-state index is 0.105. The van der Waals surface area contributed by atoms with Crippen LogP contribution >= 0.6 is 0 Å². The van der Waals surface area contributed by atoms with Crippen molar-refractivity contribution in [2.75, 3.05) is 23.4 Å². The van der Waals surface area contributed by atoms with Crippen LogP contribution in [0.1, 0.15) is 35.7 Å². The first-order valence-corrected chi connectivity index (χ1v) is 10.5. The summed E-state index contributed by atoms with van der Waals surface area (Å²) in [5, 5.41) is 6.48. The van der Waals surface area contributed by atoms with Gasteiger partial charge in [0.25, 0.3) is 11.8 Å². The molecule has 0 unspecified atom stereocenters. The minimum atomic E-state index is -0.358. The van der Waals surface area contributed by atoms with Crippen LogP contribution in [0.25, 0.3) is 11.3 Å². The number of carbonyl (C=O) groups excluding carboxylic acids is 2. The first-order valence-electron chi connectivity index (χ1n) is 10.5. The lowest BCUT2D eigenvalue weighted by Gasteiger charge is -2.23. The number of oxime groups is 1. The van der Waals surface area contributed by atoms with Crippen LogP contribution in [0.2, 0.25) is 0 Å². The van der Waals surface area contributed by atoms with Gasteiger partial charge in [0.1, 0.15) is 18.1 Å². The van der Waals surface area contributed by atoms with E-state index in [0.29, 0.717) is 30.8 Å². The molecule has 4 rings (SSSR count). The van der Waals surface area contributed by atoms with Gasteiger partial charge in [-0.15, -0.1) is 0 Å². The number of H-pyrrole nitrogens is 1. The molecule has 2 heterocycles. The first kappa shape index (κ1) is 21.3. The predicted octanol–water partition coefficient (Wildman–Crippen LogP) is 3.94. The zero-order valence-electron chi connectivity index (χ0n) is 18.3. The summed E-state index contributed by atoms with van der Waals surface area (Å²) in [6, 6.07) is 14.6. The van der Waals surface area contributed by atoms with Crippen molar-refractivity contribution in [3.05, 3.63) is 65.6 Å². The number of aromatic amines is 1. The third-order valence-electron chi connectivity index (χ3n) is 5.23. The number of hydrogen-bond acceptors (Lipinski definition) is 5. The average Bonchev–Trinajstić information content (AvgIpc) is 3.11. The third-order valence-corrected chi connectivity index (χ3v) is 5.23. The highest BCUT2D eigenvalue weighted by Gasteiger charge is 2.26. The number of imidazole rings is 1. The summed E-state index contributed by atoms with van der Waals surface area (Å²) in [4.78, 5) is 40.2. The molecule has 164 valence electrons. The van der Waals surface area contributed by atoms with E-state index in [4.69, 9.17) is 4.84 Å². The molecule has 0 saturated heterocycles. The normalized spacial score (nSPS) is 13.1. The molecule has 0 spiro atoms. The van der Waals surface area contributed by atoms with Crippen molar-refractivity contribution in [2.24, 2.45) is 5.16 Å². The number of aromatic nitrogens is 2. The Kier molecular flexibility index (Phi) is 6.02. The van der Waals surface area contributed by atoms with E-state index in [9.17, 15) is 9.59 Å². The monoisotopic (exact) mass is 431 g/mol. The number of amides is 2. The van der Waals surface area contributed by atoms with E-state index < -0.39 is 0 Å². The van der Waals surface area contributed by atoms with Crippen LogP contribution < -0.4 is 10.2 Å². The van der Waals surface area contributed by atoms with Gasteiger partial charge in [-0.25, -0.2) is 4.98 Å². The molecule has 8 nitrogen and oxygen atoms in total. The topological polar surface area (TPSA) is 99.7 Å².